The van der Waals surface area contributed by atoms with Crippen molar-refractivity contribution in [1.29, 1.82) is 0 Å². The average molecular weight is 261 g/mol. The molecule has 0 bridgehead atoms. The highest BCUT2D eigenvalue weighted by molar-refractivity contribution is 5.39. The second kappa shape index (κ2) is 4.97. The number of hydrogen-bond donors (Lipinski definition) is 1. The molecule has 1 atom stereocenters. The molecule has 3 rings (SSSR count). The predicted molar refractivity (Wildman–Crippen MR) is 67.9 cm³/mol. The average Bonchev–Trinajstić information content (AvgIpc) is 2.81. The van der Waals surface area contributed by atoms with E-state index in [1.54, 1.807) is 0 Å². The molecular weight excluding hydrogens is 248 g/mol. The van der Waals surface area contributed by atoms with Crippen LogP contribution in [0, 0.1) is 11.6 Å². The van der Waals surface area contributed by atoms with Gasteiger partial charge in [0, 0.05) is 23.7 Å². The van der Waals surface area contributed by atoms with Gasteiger partial charge in [-0.3, -0.25) is 0 Å². The van der Waals surface area contributed by atoms with Gasteiger partial charge < -0.3 is 10.1 Å². The molecule has 0 fully saturated rings. The molecule has 98 valence electrons. The summed E-state index contributed by atoms with van der Waals surface area (Å²) in [5, 5.41) is 3.23. The van der Waals surface area contributed by atoms with E-state index >= 15 is 0 Å². The van der Waals surface area contributed by atoms with Gasteiger partial charge in [-0.1, -0.05) is 24.3 Å². The van der Waals surface area contributed by atoms with Crippen LogP contribution in [-0.2, 0) is 6.54 Å². The van der Waals surface area contributed by atoms with Crippen LogP contribution in [0.25, 0.3) is 0 Å². The largest absolute Gasteiger partial charge is 0.491 e. The molecular formula is C15H13F2NO. The molecule has 0 spiro atoms. The molecule has 0 radical (unpaired) electrons. The Bertz CT molecular complexity index is 600. The van der Waals surface area contributed by atoms with Crippen LogP contribution in [0.4, 0.5) is 8.78 Å². The third-order valence-corrected chi connectivity index (χ3v) is 3.25. The van der Waals surface area contributed by atoms with Crippen LogP contribution in [-0.4, -0.2) is 6.61 Å². The van der Waals surface area contributed by atoms with Crippen molar-refractivity contribution in [2.24, 2.45) is 0 Å². The summed E-state index contributed by atoms with van der Waals surface area (Å²) in [6.07, 6.45) is 0. The van der Waals surface area contributed by atoms with E-state index in [0.717, 1.165) is 17.4 Å². The molecule has 0 aromatic heterocycles. The lowest BCUT2D eigenvalue weighted by atomic mass is 10.1. The zero-order valence-electron chi connectivity index (χ0n) is 10.2. The maximum absolute atomic E-state index is 13.5. The Labute approximate surface area is 110 Å². The molecule has 2 nitrogen and oxygen atoms in total. The zero-order valence-corrected chi connectivity index (χ0v) is 10.2. The van der Waals surface area contributed by atoms with Crippen molar-refractivity contribution >= 4 is 0 Å². The minimum Gasteiger partial charge on any atom is -0.491 e. The summed E-state index contributed by atoms with van der Waals surface area (Å²) in [7, 11) is 0. The number of para-hydroxylation sites is 1. The lowest BCUT2D eigenvalue weighted by Crippen LogP contribution is -2.22. The van der Waals surface area contributed by atoms with Gasteiger partial charge in [-0.2, -0.15) is 0 Å². The van der Waals surface area contributed by atoms with Crippen molar-refractivity contribution < 1.29 is 13.5 Å². The van der Waals surface area contributed by atoms with Crippen LogP contribution in [0.5, 0.6) is 5.75 Å². The summed E-state index contributed by atoms with van der Waals surface area (Å²) in [6.45, 7) is 0.872. The number of ether oxygens (including phenoxy) is 1. The monoisotopic (exact) mass is 261 g/mol. The standard InChI is InChI=1S/C15H13F2NO/c16-11-6-5-10(13(17)7-11)8-18-14-9-19-15-4-2-1-3-12(14)15/h1-7,14,18H,8-9H2. The smallest absolute Gasteiger partial charge is 0.130 e. The van der Waals surface area contributed by atoms with Gasteiger partial charge in [0.25, 0.3) is 0 Å². The maximum atomic E-state index is 13.5. The first-order chi connectivity index (χ1) is 9.24. The van der Waals surface area contributed by atoms with E-state index < -0.39 is 11.6 Å². The Morgan fingerprint density at radius 2 is 2.00 bits per heavy atom. The normalized spacial score (nSPS) is 17.1. The summed E-state index contributed by atoms with van der Waals surface area (Å²) < 4.78 is 31.8. The first-order valence-corrected chi connectivity index (χ1v) is 6.13. The number of fused-ring (bicyclic) bond motifs is 1. The topological polar surface area (TPSA) is 21.3 Å². The van der Waals surface area contributed by atoms with Gasteiger partial charge in [-0.15, -0.1) is 0 Å². The second-order valence-electron chi connectivity index (χ2n) is 4.52. The van der Waals surface area contributed by atoms with E-state index in [9.17, 15) is 8.78 Å². The third kappa shape index (κ3) is 2.44. The van der Waals surface area contributed by atoms with Gasteiger partial charge in [0.05, 0.1) is 6.04 Å². The van der Waals surface area contributed by atoms with Crippen molar-refractivity contribution in [2.75, 3.05) is 6.61 Å². The Kier molecular flexibility index (Phi) is 3.17. The minimum absolute atomic E-state index is 0.0423. The van der Waals surface area contributed by atoms with Gasteiger partial charge in [0.2, 0.25) is 0 Å². The maximum Gasteiger partial charge on any atom is 0.130 e. The molecule has 0 amide bonds. The number of hydrogen-bond acceptors (Lipinski definition) is 2. The molecule has 0 aliphatic carbocycles. The van der Waals surface area contributed by atoms with E-state index in [1.807, 2.05) is 24.3 Å². The van der Waals surface area contributed by atoms with Crippen LogP contribution in [0.15, 0.2) is 42.5 Å². The lowest BCUT2D eigenvalue weighted by molar-refractivity contribution is 0.310. The van der Waals surface area contributed by atoms with Crippen molar-refractivity contribution in [3.63, 3.8) is 0 Å². The molecule has 2 aromatic carbocycles. The highest BCUT2D eigenvalue weighted by Gasteiger charge is 2.23. The fraction of sp³-hybridized carbons (Fsp3) is 0.200. The predicted octanol–water partition coefficient (Wildman–Crippen LogP) is 3.19. The number of nitrogens with one attached hydrogen (secondary N) is 1. The molecule has 0 saturated carbocycles. The van der Waals surface area contributed by atoms with Gasteiger partial charge in [-0.05, 0) is 12.1 Å². The molecule has 1 aliphatic rings. The van der Waals surface area contributed by atoms with Crippen molar-refractivity contribution in [3.05, 3.63) is 65.2 Å². The van der Waals surface area contributed by atoms with E-state index in [1.165, 1.54) is 12.1 Å². The molecule has 1 aliphatic heterocycles. The second-order valence-corrected chi connectivity index (χ2v) is 4.52. The van der Waals surface area contributed by atoms with E-state index in [4.69, 9.17) is 4.74 Å². The Balaban J connectivity index is 1.71. The minimum atomic E-state index is -0.559. The van der Waals surface area contributed by atoms with Gasteiger partial charge in [0.15, 0.2) is 0 Å². The summed E-state index contributed by atoms with van der Waals surface area (Å²) in [5.41, 5.74) is 1.52. The van der Waals surface area contributed by atoms with Gasteiger partial charge in [0.1, 0.15) is 24.0 Å². The number of rotatable bonds is 3. The highest BCUT2D eigenvalue weighted by atomic mass is 19.1. The third-order valence-electron chi connectivity index (χ3n) is 3.25. The summed E-state index contributed by atoms with van der Waals surface area (Å²) in [6, 6.07) is 11.4. The molecule has 1 heterocycles. The molecule has 1 unspecified atom stereocenters. The van der Waals surface area contributed by atoms with Crippen LogP contribution in [0.2, 0.25) is 0 Å². The fourth-order valence-electron chi connectivity index (χ4n) is 2.23. The Morgan fingerprint density at radius 3 is 2.84 bits per heavy atom. The van der Waals surface area contributed by atoms with Gasteiger partial charge in [-0.25, -0.2) is 8.78 Å². The number of benzene rings is 2. The van der Waals surface area contributed by atoms with Crippen molar-refractivity contribution in [3.8, 4) is 5.75 Å². The summed E-state index contributed by atoms with van der Waals surface area (Å²) >= 11 is 0. The van der Waals surface area contributed by atoms with Crippen LogP contribution >= 0.6 is 0 Å². The summed E-state index contributed by atoms with van der Waals surface area (Å²) in [5.74, 6) is -0.227. The molecule has 4 heteroatoms. The first kappa shape index (κ1) is 12.1. The molecule has 2 aromatic rings. The van der Waals surface area contributed by atoms with E-state index in [0.29, 0.717) is 18.7 Å². The molecule has 0 saturated heterocycles. The zero-order chi connectivity index (χ0) is 13.2. The first-order valence-electron chi connectivity index (χ1n) is 6.13. The van der Waals surface area contributed by atoms with Crippen molar-refractivity contribution in [2.45, 2.75) is 12.6 Å². The Hall–Kier alpha value is -1.94. The highest BCUT2D eigenvalue weighted by Crippen LogP contribution is 2.31. The summed E-state index contributed by atoms with van der Waals surface area (Å²) in [4.78, 5) is 0. The number of halogens is 2. The van der Waals surface area contributed by atoms with E-state index in [2.05, 4.69) is 5.32 Å². The van der Waals surface area contributed by atoms with Crippen LogP contribution in [0.1, 0.15) is 17.2 Å². The van der Waals surface area contributed by atoms with Crippen LogP contribution < -0.4 is 10.1 Å². The quantitative estimate of drug-likeness (QED) is 0.916. The molecule has 1 N–H and O–H groups in total. The molecule has 19 heavy (non-hydrogen) atoms. The van der Waals surface area contributed by atoms with Crippen LogP contribution in [0.3, 0.4) is 0 Å². The van der Waals surface area contributed by atoms with Crippen molar-refractivity contribution in [1.82, 2.24) is 5.32 Å². The SMILES string of the molecule is Fc1ccc(CNC2COc3ccccc32)c(F)c1. The fourth-order valence-corrected chi connectivity index (χ4v) is 2.23. The Morgan fingerprint density at radius 1 is 1.16 bits per heavy atom. The van der Waals surface area contributed by atoms with Gasteiger partial charge >= 0.3 is 0 Å². The van der Waals surface area contributed by atoms with E-state index in [-0.39, 0.29) is 6.04 Å². The lowest BCUT2D eigenvalue weighted by Gasteiger charge is -2.12.